The van der Waals surface area contributed by atoms with Crippen LogP contribution in [0.15, 0.2) is 42.5 Å². The Balaban J connectivity index is 1.72. The maximum atomic E-state index is 12.2. The van der Waals surface area contributed by atoms with E-state index >= 15 is 0 Å². The number of carbonyl (C=O) groups excluding carboxylic acids is 1. The SMILES string of the molecule is O=C(COc1ccccc1[N+](=O)[O-])c1ccc2c(c1)CCC2. The molecule has 0 spiro atoms. The highest BCUT2D eigenvalue weighted by Gasteiger charge is 2.17. The van der Waals surface area contributed by atoms with E-state index in [1.165, 1.54) is 23.3 Å². The summed E-state index contributed by atoms with van der Waals surface area (Å²) in [6, 6.07) is 11.8. The number of benzene rings is 2. The average molecular weight is 297 g/mol. The van der Waals surface area contributed by atoms with Gasteiger partial charge in [0.15, 0.2) is 18.1 Å². The number of aryl methyl sites for hydroxylation is 2. The molecule has 5 heteroatoms. The van der Waals surface area contributed by atoms with Crippen LogP contribution < -0.4 is 4.74 Å². The van der Waals surface area contributed by atoms with Gasteiger partial charge in [0.25, 0.3) is 0 Å². The molecule has 0 saturated carbocycles. The monoisotopic (exact) mass is 297 g/mol. The Morgan fingerprint density at radius 1 is 1.14 bits per heavy atom. The zero-order valence-corrected chi connectivity index (χ0v) is 12.0. The second-order valence-electron chi connectivity index (χ2n) is 5.27. The summed E-state index contributed by atoms with van der Waals surface area (Å²) in [6.45, 7) is -0.205. The molecule has 2 aromatic rings. The number of nitro benzene ring substituents is 1. The molecule has 0 fully saturated rings. The molecular weight excluding hydrogens is 282 g/mol. The maximum Gasteiger partial charge on any atom is 0.310 e. The van der Waals surface area contributed by atoms with Crippen molar-refractivity contribution in [1.82, 2.24) is 0 Å². The number of carbonyl (C=O) groups is 1. The van der Waals surface area contributed by atoms with Crippen molar-refractivity contribution in [3.63, 3.8) is 0 Å². The minimum absolute atomic E-state index is 0.113. The molecule has 0 bridgehead atoms. The molecule has 0 atom stereocenters. The first-order valence-corrected chi connectivity index (χ1v) is 7.16. The molecule has 112 valence electrons. The summed E-state index contributed by atoms with van der Waals surface area (Å²) < 4.78 is 5.34. The van der Waals surface area contributed by atoms with Crippen LogP contribution in [0.25, 0.3) is 0 Å². The fraction of sp³-hybridized carbons (Fsp3) is 0.235. The molecule has 1 aliphatic rings. The van der Waals surface area contributed by atoms with Crippen molar-refractivity contribution in [2.75, 3.05) is 6.61 Å². The highest BCUT2D eigenvalue weighted by molar-refractivity contribution is 5.97. The molecule has 0 N–H and O–H groups in total. The van der Waals surface area contributed by atoms with E-state index < -0.39 is 4.92 Å². The van der Waals surface area contributed by atoms with Crippen LogP contribution in [0, 0.1) is 10.1 Å². The van der Waals surface area contributed by atoms with Crippen LogP contribution in [0.4, 0.5) is 5.69 Å². The van der Waals surface area contributed by atoms with Gasteiger partial charge < -0.3 is 4.74 Å². The van der Waals surface area contributed by atoms with Crippen molar-refractivity contribution in [3.05, 3.63) is 69.3 Å². The van der Waals surface area contributed by atoms with Crippen molar-refractivity contribution in [3.8, 4) is 5.75 Å². The van der Waals surface area contributed by atoms with Gasteiger partial charge in [-0.1, -0.05) is 24.3 Å². The second kappa shape index (κ2) is 5.97. The van der Waals surface area contributed by atoms with Crippen LogP contribution in [0.5, 0.6) is 5.75 Å². The Morgan fingerprint density at radius 2 is 1.91 bits per heavy atom. The van der Waals surface area contributed by atoms with E-state index in [1.54, 1.807) is 18.2 Å². The van der Waals surface area contributed by atoms with Gasteiger partial charge in [-0.15, -0.1) is 0 Å². The first kappa shape index (κ1) is 14.3. The number of Topliss-reactive ketones (excluding diaryl/α,β-unsaturated/α-hetero) is 1. The molecule has 0 aliphatic heterocycles. The van der Waals surface area contributed by atoms with Crippen LogP contribution in [0.1, 0.15) is 27.9 Å². The number of ether oxygens (including phenoxy) is 1. The van der Waals surface area contributed by atoms with E-state index in [2.05, 4.69) is 0 Å². The quantitative estimate of drug-likeness (QED) is 0.482. The Bertz CT molecular complexity index is 739. The number of nitrogens with zero attached hydrogens (tertiary/aromatic N) is 1. The van der Waals surface area contributed by atoms with E-state index in [4.69, 9.17) is 4.74 Å². The van der Waals surface area contributed by atoms with Gasteiger partial charge >= 0.3 is 5.69 Å². The van der Waals surface area contributed by atoms with Crippen LogP contribution in [0.3, 0.4) is 0 Å². The van der Waals surface area contributed by atoms with Crippen molar-refractivity contribution >= 4 is 11.5 Å². The summed E-state index contributed by atoms with van der Waals surface area (Å²) in [4.78, 5) is 22.6. The molecule has 0 amide bonds. The molecular formula is C17H15NO4. The van der Waals surface area contributed by atoms with E-state index in [0.717, 1.165) is 19.3 Å². The van der Waals surface area contributed by atoms with Crippen LogP contribution in [-0.2, 0) is 12.8 Å². The fourth-order valence-electron chi connectivity index (χ4n) is 2.70. The van der Waals surface area contributed by atoms with Crippen molar-refractivity contribution in [2.24, 2.45) is 0 Å². The van der Waals surface area contributed by atoms with Gasteiger partial charge in [0.2, 0.25) is 0 Å². The summed E-state index contributed by atoms with van der Waals surface area (Å²) in [5, 5.41) is 10.9. The summed E-state index contributed by atoms with van der Waals surface area (Å²) in [5.74, 6) is -0.0603. The van der Waals surface area contributed by atoms with E-state index in [1.807, 2.05) is 12.1 Å². The highest BCUT2D eigenvalue weighted by Crippen LogP contribution is 2.26. The van der Waals surface area contributed by atoms with Crippen molar-refractivity contribution in [1.29, 1.82) is 0 Å². The molecule has 0 saturated heterocycles. The minimum Gasteiger partial charge on any atom is -0.478 e. The molecule has 1 aliphatic carbocycles. The lowest BCUT2D eigenvalue weighted by atomic mass is 10.0. The molecule has 3 rings (SSSR count). The molecule has 2 aromatic carbocycles. The van der Waals surface area contributed by atoms with Crippen LogP contribution >= 0.6 is 0 Å². The molecule has 0 heterocycles. The van der Waals surface area contributed by atoms with Gasteiger partial charge in [-0.05, 0) is 42.5 Å². The lowest BCUT2D eigenvalue weighted by molar-refractivity contribution is -0.385. The largest absolute Gasteiger partial charge is 0.478 e. The standard InChI is InChI=1S/C17H15NO4/c19-16(14-9-8-12-4-3-5-13(12)10-14)11-22-17-7-2-1-6-15(17)18(20)21/h1-2,6-10H,3-5,11H2. The molecule has 0 aromatic heterocycles. The third kappa shape index (κ3) is 2.83. The molecule has 5 nitrogen and oxygen atoms in total. The third-order valence-corrected chi connectivity index (χ3v) is 3.84. The number of hydrogen-bond acceptors (Lipinski definition) is 4. The zero-order chi connectivity index (χ0) is 15.5. The van der Waals surface area contributed by atoms with Crippen molar-refractivity contribution in [2.45, 2.75) is 19.3 Å². The molecule has 0 unspecified atom stereocenters. The Morgan fingerprint density at radius 3 is 2.73 bits per heavy atom. The average Bonchev–Trinajstić information content (AvgIpc) is 3.00. The smallest absolute Gasteiger partial charge is 0.310 e. The molecule has 22 heavy (non-hydrogen) atoms. The fourth-order valence-corrected chi connectivity index (χ4v) is 2.70. The lowest BCUT2D eigenvalue weighted by Crippen LogP contribution is -2.12. The first-order chi connectivity index (χ1) is 10.6. The van der Waals surface area contributed by atoms with E-state index in [0.29, 0.717) is 5.56 Å². The van der Waals surface area contributed by atoms with Gasteiger partial charge in [-0.2, -0.15) is 0 Å². The van der Waals surface area contributed by atoms with Gasteiger partial charge in [0.05, 0.1) is 4.92 Å². The predicted molar refractivity (Wildman–Crippen MR) is 81.4 cm³/mol. The summed E-state index contributed by atoms with van der Waals surface area (Å²) in [7, 11) is 0. The highest BCUT2D eigenvalue weighted by atomic mass is 16.6. The Labute approximate surface area is 127 Å². The van der Waals surface area contributed by atoms with E-state index in [-0.39, 0.29) is 23.8 Å². The topological polar surface area (TPSA) is 69.4 Å². The second-order valence-corrected chi connectivity index (χ2v) is 5.27. The summed E-state index contributed by atoms with van der Waals surface area (Å²) >= 11 is 0. The molecule has 0 radical (unpaired) electrons. The van der Waals surface area contributed by atoms with Crippen molar-refractivity contribution < 1.29 is 14.5 Å². The number of hydrogen-bond donors (Lipinski definition) is 0. The van der Waals surface area contributed by atoms with Gasteiger partial charge in [-0.3, -0.25) is 14.9 Å². The van der Waals surface area contributed by atoms with Crippen LogP contribution in [-0.4, -0.2) is 17.3 Å². The number of fused-ring (bicyclic) bond motifs is 1. The maximum absolute atomic E-state index is 12.2. The normalized spacial score (nSPS) is 12.7. The van der Waals surface area contributed by atoms with Gasteiger partial charge in [-0.25, -0.2) is 0 Å². The Hall–Kier alpha value is -2.69. The summed E-state index contributed by atoms with van der Waals surface area (Å²) in [5.41, 5.74) is 2.98. The van der Waals surface area contributed by atoms with Gasteiger partial charge in [0, 0.05) is 11.6 Å². The minimum atomic E-state index is -0.519. The van der Waals surface area contributed by atoms with Gasteiger partial charge in [0.1, 0.15) is 0 Å². The number of ketones is 1. The number of nitro groups is 1. The zero-order valence-electron chi connectivity index (χ0n) is 12.0. The Kier molecular flexibility index (Phi) is 3.87. The summed E-state index contributed by atoms with van der Waals surface area (Å²) in [6.07, 6.45) is 3.19. The lowest BCUT2D eigenvalue weighted by Gasteiger charge is -2.07. The predicted octanol–water partition coefficient (Wildman–Crippen LogP) is 3.35. The van der Waals surface area contributed by atoms with Crippen LogP contribution in [0.2, 0.25) is 0 Å². The first-order valence-electron chi connectivity index (χ1n) is 7.16. The number of rotatable bonds is 5. The number of para-hydroxylation sites is 2. The third-order valence-electron chi connectivity index (χ3n) is 3.84. The van der Waals surface area contributed by atoms with E-state index in [9.17, 15) is 14.9 Å².